The van der Waals surface area contributed by atoms with Crippen LogP contribution in [0.15, 0.2) is 36.4 Å². The minimum atomic E-state index is -0.274. The van der Waals surface area contributed by atoms with Crippen molar-refractivity contribution in [2.45, 2.75) is 6.92 Å². The summed E-state index contributed by atoms with van der Waals surface area (Å²) in [6.07, 6.45) is 0. The standard InChI is InChI=1S/C15H12ClN3O2S/c1-2-21-10-5-3-4-9(8-10)15(20)17-13-11(16)6-7-12-14(13)19-22-18-12/h3-8H,2H2,1H3,(H,17,20). The molecular formula is C15H12ClN3O2S. The van der Waals surface area contributed by atoms with Gasteiger partial charge < -0.3 is 10.1 Å². The van der Waals surface area contributed by atoms with Crippen LogP contribution in [0.3, 0.4) is 0 Å². The Morgan fingerprint density at radius 2 is 2.18 bits per heavy atom. The second-order valence-corrected chi connectivity index (χ2v) is 5.40. The lowest BCUT2D eigenvalue weighted by Gasteiger charge is -2.09. The third kappa shape index (κ3) is 2.88. The molecule has 1 aromatic heterocycles. The van der Waals surface area contributed by atoms with E-state index < -0.39 is 0 Å². The van der Waals surface area contributed by atoms with Gasteiger partial charge in [-0.1, -0.05) is 17.7 Å². The first-order valence-corrected chi connectivity index (χ1v) is 7.75. The van der Waals surface area contributed by atoms with Crippen LogP contribution in [0.1, 0.15) is 17.3 Å². The van der Waals surface area contributed by atoms with Gasteiger partial charge in [0.25, 0.3) is 5.91 Å². The number of carbonyl (C=O) groups excluding carboxylic acids is 1. The maximum atomic E-state index is 12.4. The lowest BCUT2D eigenvalue weighted by molar-refractivity contribution is 0.102. The van der Waals surface area contributed by atoms with Crippen LogP contribution in [0.4, 0.5) is 5.69 Å². The number of hydrogen-bond donors (Lipinski definition) is 1. The molecule has 0 fully saturated rings. The fourth-order valence-corrected chi connectivity index (χ4v) is 2.77. The summed E-state index contributed by atoms with van der Waals surface area (Å²) in [5.74, 6) is 0.374. The van der Waals surface area contributed by atoms with E-state index >= 15 is 0 Å². The smallest absolute Gasteiger partial charge is 0.255 e. The van der Waals surface area contributed by atoms with Gasteiger partial charge >= 0.3 is 0 Å². The van der Waals surface area contributed by atoms with Gasteiger partial charge in [-0.15, -0.1) is 0 Å². The molecule has 1 heterocycles. The first-order chi connectivity index (χ1) is 10.7. The monoisotopic (exact) mass is 333 g/mol. The second kappa shape index (κ2) is 6.29. The molecule has 5 nitrogen and oxygen atoms in total. The molecule has 1 N–H and O–H groups in total. The Hall–Kier alpha value is -2.18. The van der Waals surface area contributed by atoms with Crippen molar-refractivity contribution in [3.8, 4) is 5.75 Å². The molecule has 0 saturated carbocycles. The number of hydrogen-bond acceptors (Lipinski definition) is 5. The van der Waals surface area contributed by atoms with E-state index in [1.54, 1.807) is 36.4 Å². The highest BCUT2D eigenvalue weighted by atomic mass is 35.5. The van der Waals surface area contributed by atoms with Gasteiger partial charge in [0.1, 0.15) is 16.8 Å². The van der Waals surface area contributed by atoms with Gasteiger partial charge in [-0.3, -0.25) is 4.79 Å². The molecule has 2 aromatic carbocycles. The fourth-order valence-electron chi connectivity index (χ4n) is 2.03. The van der Waals surface area contributed by atoms with E-state index in [0.717, 1.165) is 11.7 Å². The summed E-state index contributed by atoms with van der Waals surface area (Å²) in [6.45, 7) is 2.43. The van der Waals surface area contributed by atoms with E-state index in [1.807, 2.05) is 6.92 Å². The second-order valence-electron chi connectivity index (χ2n) is 4.47. The molecule has 0 atom stereocenters. The molecule has 22 heavy (non-hydrogen) atoms. The third-order valence-corrected chi connectivity index (χ3v) is 3.88. The number of nitrogens with zero attached hydrogens (tertiary/aromatic N) is 2. The largest absolute Gasteiger partial charge is 0.494 e. The van der Waals surface area contributed by atoms with Gasteiger partial charge in [-0.25, -0.2) is 0 Å². The lowest BCUT2D eigenvalue weighted by atomic mass is 10.2. The summed E-state index contributed by atoms with van der Waals surface area (Å²) < 4.78 is 13.7. The van der Waals surface area contributed by atoms with Crippen molar-refractivity contribution < 1.29 is 9.53 Å². The van der Waals surface area contributed by atoms with Gasteiger partial charge in [-0.05, 0) is 37.3 Å². The number of halogens is 1. The minimum Gasteiger partial charge on any atom is -0.494 e. The Balaban J connectivity index is 1.91. The van der Waals surface area contributed by atoms with Crippen molar-refractivity contribution in [1.82, 2.24) is 8.75 Å². The van der Waals surface area contributed by atoms with Crippen molar-refractivity contribution in [3.63, 3.8) is 0 Å². The van der Waals surface area contributed by atoms with Crippen LogP contribution in [-0.2, 0) is 0 Å². The number of nitrogens with one attached hydrogen (secondary N) is 1. The molecule has 0 saturated heterocycles. The Morgan fingerprint density at radius 1 is 1.32 bits per heavy atom. The maximum Gasteiger partial charge on any atom is 0.255 e. The van der Waals surface area contributed by atoms with Gasteiger partial charge in [0.2, 0.25) is 0 Å². The van der Waals surface area contributed by atoms with E-state index in [4.69, 9.17) is 16.3 Å². The molecule has 0 bridgehead atoms. The van der Waals surface area contributed by atoms with E-state index in [9.17, 15) is 4.79 Å². The highest BCUT2D eigenvalue weighted by Crippen LogP contribution is 2.30. The zero-order valence-corrected chi connectivity index (χ0v) is 13.2. The molecule has 0 spiro atoms. The Labute approximate surface area is 136 Å². The summed E-state index contributed by atoms with van der Waals surface area (Å²) in [5, 5.41) is 3.23. The Kier molecular flexibility index (Phi) is 4.22. The molecule has 3 rings (SSSR count). The summed E-state index contributed by atoms with van der Waals surface area (Å²) in [5.41, 5.74) is 2.25. The molecule has 3 aromatic rings. The Morgan fingerprint density at radius 3 is 3.00 bits per heavy atom. The highest BCUT2D eigenvalue weighted by molar-refractivity contribution is 7.00. The summed E-state index contributed by atoms with van der Waals surface area (Å²) >= 11 is 7.25. The zero-order chi connectivity index (χ0) is 15.5. The summed E-state index contributed by atoms with van der Waals surface area (Å²) in [7, 11) is 0. The number of benzene rings is 2. The van der Waals surface area contributed by atoms with Crippen LogP contribution in [0.5, 0.6) is 5.75 Å². The van der Waals surface area contributed by atoms with Crippen LogP contribution >= 0.6 is 23.3 Å². The summed E-state index contributed by atoms with van der Waals surface area (Å²) in [4.78, 5) is 12.4. The highest BCUT2D eigenvalue weighted by Gasteiger charge is 2.14. The van der Waals surface area contributed by atoms with Crippen molar-refractivity contribution in [2.75, 3.05) is 11.9 Å². The van der Waals surface area contributed by atoms with Gasteiger partial charge in [0, 0.05) is 5.56 Å². The molecular weight excluding hydrogens is 322 g/mol. The molecule has 1 amide bonds. The van der Waals surface area contributed by atoms with Crippen molar-refractivity contribution in [3.05, 3.63) is 47.0 Å². The third-order valence-electron chi connectivity index (χ3n) is 3.02. The van der Waals surface area contributed by atoms with Crippen molar-refractivity contribution in [1.29, 1.82) is 0 Å². The normalized spacial score (nSPS) is 10.6. The van der Waals surface area contributed by atoms with Crippen LogP contribution in [-0.4, -0.2) is 21.3 Å². The van der Waals surface area contributed by atoms with Gasteiger partial charge in [0.15, 0.2) is 0 Å². The van der Waals surface area contributed by atoms with Crippen molar-refractivity contribution in [2.24, 2.45) is 0 Å². The number of anilines is 1. The predicted molar refractivity (Wildman–Crippen MR) is 88.0 cm³/mol. The number of fused-ring (bicyclic) bond motifs is 1. The number of amides is 1. The number of aromatic nitrogens is 2. The van der Waals surface area contributed by atoms with E-state index in [-0.39, 0.29) is 5.91 Å². The maximum absolute atomic E-state index is 12.4. The van der Waals surface area contributed by atoms with E-state index in [1.165, 1.54) is 0 Å². The van der Waals surface area contributed by atoms with Gasteiger partial charge in [0.05, 0.1) is 29.0 Å². The lowest BCUT2D eigenvalue weighted by Crippen LogP contribution is -2.12. The average molecular weight is 334 g/mol. The minimum absolute atomic E-state index is 0.274. The molecule has 0 aliphatic rings. The first-order valence-electron chi connectivity index (χ1n) is 6.64. The quantitative estimate of drug-likeness (QED) is 0.784. The van der Waals surface area contributed by atoms with Gasteiger partial charge in [-0.2, -0.15) is 8.75 Å². The predicted octanol–water partition coefficient (Wildman–Crippen LogP) is 4.00. The molecule has 0 radical (unpaired) electrons. The van der Waals surface area contributed by atoms with E-state index in [2.05, 4.69) is 14.1 Å². The van der Waals surface area contributed by atoms with Crippen LogP contribution in [0.25, 0.3) is 11.0 Å². The molecule has 7 heteroatoms. The SMILES string of the molecule is CCOc1cccc(C(=O)Nc2c(Cl)ccc3nsnc23)c1. The molecule has 0 aliphatic carbocycles. The van der Waals surface area contributed by atoms with Crippen LogP contribution in [0.2, 0.25) is 5.02 Å². The summed E-state index contributed by atoms with van der Waals surface area (Å²) in [6, 6.07) is 10.4. The number of carbonyl (C=O) groups is 1. The molecule has 112 valence electrons. The number of rotatable bonds is 4. The molecule has 0 unspecified atom stereocenters. The fraction of sp³-hybridized carbons (Fsp3) is 0.133. The van der Waals surface area contributed by atoms with E-state index in [0.29, 0.717) is 39.7 Å². The van der Waals surface area contributed by atoms with Crippen LogP contribution in [0, 0.1) is 0 Å². The average Bonchev–Trinajstić information content (AvgIpc) is 2.99. The zero-order valence-electron chi connectivity index (χ0n) is 11.7. The van der Waals surface area contributed by atoms with Crippen molar-refractivity contribution >= 4 is 46.0 Å². The Bertz CT molecular complexity index is 835. The number of ether oxygens (including phenoxy) is 1. The first kappa shape index (κ1) is 14.7. The molecule has 0 aliphatic heterocycles. The van der Waals surface area contributed by atoms with Crippen LogP contribution < -0.4 is 10.1 Å². The topological polar surface area (TPSA) is 64.1 Å².